The topological polar surface area (TPSA) is 176 Å². The normalized spacial score (nSPS) is 22.7. The number of hydrogen-bond acceptors (Lipinski definition) is 12. The second kappa shape index (κ2) is 9.04. The first kappa shape index (κ1) is 24.1. The summed E-state index contributed by atoms with van der Waals surface area (Å²) in [6.07, 6.45) is 1.44. The number of thioether (sulfide) groups is 1. The zero-order valence-corrected chi connectivity index (χ0v) is 19.1. The maximum atomic E-state index is 12.6. The fourth-order valence-corrected chi connectivity index (χ4v) is 4.95. The van der Waals surface area contributed by atoms with E-state index >= 15 is 0 Å². The minimum atomic E-state index is -5.07. The molecule has 16 heteroatoms. The molecule has 3 N–H and O–H groups in total. The Kier molecular flexibility index (Phi) is 8.07. The van der Waals surface area contributed by atoms with Gasteiger partial charge >= 0.3 is 29.6 Å². The Morgan fingerprint density at radius 3 is 2.59 bits per heavy atom. The summed E-state index contributed by atoms with van der Waals surface area (Å²) in [5.41, 5.74) is 3.23. The molecule has 0 aromatic carbocycles. The van der Waals surface area contributed by atoms with Crippen LogP contribution in [0.1, 0.15) is 5.69 Å². The Balaban J connectivity index is 0.00000364. The molecule has 144 valence electrons. The zero-order chi connectivity index (χ0) is 19.7. The minimum absolute atomic E-state index is 0. The third-order valence-electron chi connectivity index (χ3n) is 3.33. The molecule has 1 aliphatic heterocycles. The fraction of sp³-hybridized carbons (Fsp3) is 0.455. The molecular formula is C11H14N5NaO7S3. The summed E-state index contributed by atoms with van der Waals surface area (Å²) in [5, 5.41) is 6.13. The summed E-state index contributed by atoms with van der Waals surface area (Å²) in [4.78, 5) is 33.4. The van der Waals surface area contributed by atoms with Crippen molar-refractivity contribution in [2.24, 2.45) is 5.16 Å². The van der Waals surface area contributed by atoms with E-state index < -0.39 is 33.2 Å². The number of nitrogens with one attached hydrogen (secondary N) is 1. The number of amides is 2. The number of β-lactam (4-membered cyclic amide) rings is 1. The molecule has 27 heavy (non-hydrogen) atoms. The van der Waals surface area contributed by atoms with Crippen molar-refractivity contribution < 1.29 is 61.7 Å². The maximum absolute atomic E-state index is 12.6. The van der Waals surface area contributed by atoms with Crippen molar-refractivity contribution in [3.63, 3.8) is 0 Å². The largest absolute Gasteiger partial charge is 1.00 e. The van der Waals surface area contributed by atoms with Gasteiger partial charge in [0.05, 0.1) is 0 Å². The zero-order valence-electron chi connectivity index (χ0n) is 14.7. The molecule has 2 atom stereocenters. The van der Waals surface area contributed by atoms with E-state index in [0.717, 1.165) is 30.2 Å². The van der Waals surface area contributed by atoms with Gasteiger partial charge in [0.15, 0.2) is 21.1 Å². The first-order chi connectivity index (χ1) is 12.1. The van der Waals surface area contributed by atoms with E-state index in [9.17, 15) is 22.6 Å². The van der Waals surface area contributed by atoms with Crippen LogP contribution in [0.5, 0.6) is 0 Å². The van der Waals surface area contributed by atoms with Crippen LogP contribution in [0, 0.1) is 0 Å². The summed E-state index contributed by atoms with van der Waals surface area (Å²) < 4.78 is 38.9. The van der Waals surface area contributed by atoms with E-state index in [1.54, 1.807) is 0 Å². The van der Waals surface area contributed by atoms with E-state index in [1.807, 2.05) is 0 Å². The van der Waals surface area contributed by atoms with E-state index in [-0.39, 0.29) is 50.4 Å². The van der Waals surface area contributed by atoms with Crippen LogP contribution in [0.3, 0.4) is 0 Å². The number of nitrogen functional groups attached to an aromatic ring is 1. The standard InChI is InChI=1S/C11H15N5O7S3.Na/c1-22-11(8(18)16(9(11)24-3)26(19,20)21)14-7(17)6(15-23-2)5-4-25-10(12)13-5;/h4,9H,1-3H3,(H2,12,13)(H,14,17)(H,19,20,21);/q;+1/p-1/t9-,11-;/m1./s1. The maximum Gasteiger partial charge on any atom is 1.00 e. The molecule has 0 bridgehead atoms. The number of carbonyl (C=O) groups is 2. The van der Waals surface area contributed by atoms with Crippen molar-refractivity contribution in [1.29, 1.82) is 0 Å². The molecule has 1 aromatic heterocycles. The third kappa shape index (κ3) is 4.40. The van der Waals surface area contributed by atoms with Crippen LogP contribution in [0.15, 0.2) is 10.5 Å². The predicted octanol–water partition coefficient (Wildman–Crippen LogP) is -4.47. The minimum Gasteiger partial charge on any atom is -0.731 e. The summed E-state index contributed by atoms with van der Waals surface area (Å²) in [7, 11) is -2.79. The Bertz CT molecular complexity index is 860. The second-order valence-electron chi connectivity index (χ2n) is 4.73. The number of methoxy groups -OCH3 is 1. The van der Waals surface area contributed by atoms with Crippen molar-refractivity contribution in [1.82, 2.24) is 14.6 Å². The molecule has 1 fully saturated rings. The number of nitrogens with zero attached hydrogens (tertiary/aromatic N) is 3. The Morgan fingerprint density at radius 2 is 2.19 bits per heavy atom. The monoisotopic (exact) mass is 447 g/mol. The number of ether oxygens (including phenoxy) is 1. The Hall–Kier alpha value is -0.940. The number of anilines is 1. The molecule has 2 rings (SSSR count). The molecule has 0 saturated carbocycles. The number of thiazole rings is 1. The molecule has 0 aliphatic carbocycles. The number of rotatable bonds is 7. The molecule has 1 aromatic rings. The van der Waals surface area contributed by atoms with Gasteiger partial charge in [0.2, 0.25) is 0 Å². The molecule has 2 heterocycles. The van der Waals surface area contributed by atoms with Crippen molar-refractivity contribution >= 4 is 56.1 Å². The van der Waals surface area contributed by atoms with Crippen LogP contribution < -0.4 is 40.6 Å². The molecule has 0 spiro atoms. The van der Waals surface area contributed by atoms with Crippen LogP contribution in [0.25, 0.3) is 0 Å². The van der Waals surface area contributed by atoms with Crippen LogP contribution >= 0.6 is 23.1 Å². The van der Waals surface area contributed by atoms with Gasteiger partial charge in [-0.2, -0.15) is 0 Å². The van der Waals surface area contributed by atoms with Gasteiger partial charge in [-0.3, -0.25) is 9.59 Å². The van der Waals surface area contributed by atoms with Crippen LogP contribution in [-0.4, -0.2) is 71.4 Å². The molecule has 1 aliphatic rings. The first-order valence-corrected chi connectivity index (χ1v) is 10.2. The summed E-state index contributed by atoms with van der Waals surface area (Å²) >= 11 is 1.88. The first-order valence-electron chi connectivity index (χ1n) is 6.65. The summed E-state index contributed by atoms with van der Waals surface area (Å²) in [6.45, 7) is 0. The van der Waals surface area contributed by atoms with E-state index in [4.69, 9.17) is 10.5 Å². The fourth-order valence-electron chi connectivity index (χ4n) is 2.23. The Morgan fingerprint density at radius 1 is 1.56 bits per heavy atom. The average Bonchev–Trinajstić information content (AvgIpc) is 2.99. The summed E-state index contributed by atoms with van der Waals surface area (Å²) in [5.74, 6) is -2.16. The van der Waals surface area contributed by atoms with Gasteiger partial charge in [-0.1, -0.05) is 5.16 Å². The number of hydrogen-bond donors (Lipinski definition) is 2. The molecule has 2 amide bonds. The number of aromatic nitrogens is 1. The van der Waals surface area contributed by atoms with Gasteiger partial charge in [0.25, 0.3) is 17.5 Å². The van der Waals surface area contributed by atoms with Crippen molar-refractivity contribution in [2.75, 3.05) is 26.2 Å². The predicted molar refractivity (Wildman–Crippen MR) is 91.8 cm³/mol. The molecule has 0 radical (unpaired) electrons. The van der Waals surface area contributed by atoms with Gasteiger partial charge in [-0.25, -0.2) is 17.7 Å². The van der Waals surface area contributed by atoms with Gasteiger partial charge < -0.3 is 25.2 Å². The quantitative estimate of drug-likeness (QED) is 0.103. The van der Waals surface area contributed by atoms with E-state index in [0.29, 0.717) is 0 Å². The molecule has 1 saturated heterocycles. The molecular weight excluding hydrogens is 433 g/mol. The van der Waals surface area contributed by atoms with Gasteiger partial charge in [0, 0.05) is 12.5 Å². The summed E-state index contributed by atoms with van der Waals surface area (Å²) in [6, 6.07) is 0. The molecule has 12 nitrogen and oxygen atoms in total. The van der Waals surface area contributed by atoms with Crippen LogP contribution in [0.4, 0.5) is 5.13 Å². The van der Waals surface area contributed by atoms with Gasteiger partial charge in [0.1, 0.15) is 18.2 Å². The second-order valence-corrected chi connectivity index (χ2v) is 7.79. The average molecular weight is 447 g/mol. The van der Waals surface area contributed by atoms with Gasteiger partial charge in [-0.05, 0) is 6.26 Å². The smallest absolute Gasteiger partial charge is 0.731 e. The van der Waals surface area contributed by atoms with E-state index in [2.05, 4.69) is 20.3 Å². The molecule has 0 unspecified atom stereocenters. The van der Waals surface area contributed by atoms with E-state index in [1.165, 1.54) is 18.7 Å². The third-order valence-corrected chi connectivity index (χ3v) is 5.98. The van der Waals surface area contributed by atoms with Crippen molar-refractivity contribution in [3.05, 3.63) is 11.1 Å². The van der Waals surface area contributed by atoms with Crippen molar-refractivity contribution in [3.8, 4) is 0 Å². The SMILES string of the molecule is CON=C(C(=O)N[C@@]1(OC)C(=O)N(S(=O)(=O)[O-])[C@@H]1SC)c1csc(N)n1.[Na+]. The number of nitrogens with two attached hydrogens (primary N) is 1. The number of carbonyl (C=O) groups excluding carboxylic acids is 2. The van der Waals surface area contributed by atoms with Crippen LogP contribution in [-0.2, 0) is 29.5 Å². The number of oxime groups is 1. The van der Waals surface area contributed by atoms with Crippen molar-refractivity contribution in [2.45, 2.75) is 11.1 Å². The van der Waals surface area contributed by atoms with Crippen LogP contribution in [0.2, 0.25) is 0 Å². The van der Waals surface area contributed by atoms with Gasteiger partial charge in [-0.15, -0.1) is 23.1 Å². The Labute approximate surface area is 185 Å².